The van der Waals surface area contributed by atoms with Gasteiger partial charge in [-0.3, -0.25) is 4.79 Å². The maximum absolute atomic E-state index is 12.9. The van der Waals surface area contributed by atoms with E-state index >= 15 is 0 Å². The molecule has 1 fully saturated rings. The summed E-state index contributed by atoms with van der Waals surface area (Å²) in [6.07, 6.45) is 1.61. The molecule has 0 aliphatic carbocycles. The van der Waals surface area contributed by atoms with Gasteiger partial charge in [0.15, 0.2) is 0 Å². The zero-order chi connectivity index (χ0) is 19.2. The first kappa shape index (κ1) is 18.5. The van der Waals surface area contributed by atoms with Crippen molar-refractivity contribution in [2.24, 2.45) is 0 Å². The number of nitriles is 1. The number of nitrogens with two attached hydrogens (primary N) is 1. The molecule has 2 aromatic carbocycles. The molecule has 2 N–H and O–H groups in total. The molecule has 6 heteroatoms. The summed E-state index contributed by atoms with van der Waals surface area (Å²) in [5.41, 5.74) is 8.26. The van der Waals surface area contributed by atoms with Crippen LogP contribution in [-0.2, 0) is 4.79 Å². The Bertz CT molecular complexity index is 846. The molecule has 0 saturated carbocycles. The van der Waals surface area contributed by atoms with Gasteiger partial charge in [0.25, 0.3) is 5.91 Å². The number of para-hydroxylation sites is 1. The standard InChI is InChI=1S/C21H23N5O/c1-24-11-13-25(14-12-24)21(27)17(15-22)16-26(19-5-3-2-4-6-19)20-9-7-18(23)8-10-20/h2-10,16H,11-14,23H2,1H3/b17-16-. The maximum Gasteiger partial charge on any atom is 0.266 e. The van der Waals surface area contributed by atoms with Crippen molar-refractivity contribution in [2.75, 3.05) is 43.9 Å². The van der Waals surface area contributed by atoms with E-state index in [1.807, 2.05) is 54.4 Å². The fourth-order valence-electron chi connectivity index (χ4n) is 2.96. The molecule has 0 bridgehead atoms. The molecule has 3 rings (SSSR count). The highest BCUT2D eigenvalue weighted by atomic mass is 16.2. The van der Waals surface area contributed by atoms with E-state index in [0.29, 0.717) is 18.8 Å². The Balaban J connectivity index is 1.94. The van der Waals surface area contributed by atoms with Crippen LogP contribution in [0.25, 0.3) is 0 Å². The second-order valence-corrected chi connectivity index (χ2v) is 6.55. The van der Waals surface area contributed by atoms with Gasteiger partial charge in [0.05, 0.1) is 0 Å². The van der Waals surface area contributed by atoms with E-state index in [1.54, 1.807) is 23.2 Å². The molecule has 6 nitrogen and oxygen atoms in total. The monoisotopic (exact) mass is 361 g/mol. The van der Waals surface area contributed by atoms with E-state index in [0.717, 1.165) is 24.5 Å². The summed E-state index contributed by atoms with van der Waals surface area (Å²) >= 11 is 0. The second-order valence-electron chi connectivity index (χ2n) is 6.55. The Kier molecular flexibility index (Phi) is 5.74. The van der Waals surface area contributed by atoms with Crippen molar-refractivity contribution >= 4 is 23.0 Å². The van der Waals surface area contributed by atoms with E-state index in [-0.39, 0.29) is 11.5 Å². The molecule has 2 aromatic rings. The lowest BCUT2D eigenvalue weighted by molar-refractivity contribution is -0.128. The first-order valence-corrected chi connectivity index (χ1v) is 8.88. The molecule has 0 unspecified atom stereocenters. The van der Waals surface area contributed by atoms with Crippen LogP contribution in [0.4, 0.5) is 17.1 Å². The Hall–Kier alpha value is -3.30. The summed E-state index contributed by atoms with van der Waals surface area (Å²) < 4.78 is 0. The third-order valence-electron chi connectivity index (χ3n) is 4.61. The Morgan fingerprint density at radius 2 is 1.63 bits per heavy atom. The van der Waals surface area contributed by atoms with Crippen molar-refractivity contribution in [3.8, 4) is 6.07 Å². The normalized spacial score (nSPS) is 15.3. The molecule has 0 radical (unpaired) electrons. The lowest BCUT2D eigenvalue weighted by Gasteiger charge is -2.32. The third kappa shape index (κ3) is 4.46. The van der Waals surface area contributed by atoms with Crippen LogP contribution in [0.2, 0.25) is 0 Å². The molecule has 1 amide bonds. The van der Waals surface area contributed by atoms with Crippen molar-refractivity contribution in [3.63, 3.8) is 0 Å². The van der Waals surface area contributed by atoms with Gasteiger partial charge in [0.2, 0.25) is 0 Å². The fraction of sp³-hybridized carbons (Fsp3) is 0.238. The van der Waals surface area contributed by atoms with E-state index in [9.17, 15) is 10.1 Å². The summed E-state index contributed by atoms with van der Waals surface area (Å²) in [4.78, 5) is 18.6. The second kappa shape index (κ2) is 8.39. The predicted octanol–water partition coefficient (Wildman–Crippen LogP) is 2.59. The number of carbonyl (C=O) groups excluding carboxylic acids is 1. The molecule has 0 spiro atoms. The molecule has 27 heavy (non-hydrogen) atoms. The fourth-order valence-corrected chi connectivity index (χ4v) is 2.96. The number of nitrogen functional groups attached to an aromatic ring is 1. The van der Waals surface area contributed by atoms with Crippen molar-refractivity contribution in [3.05, 3.63) is 66.4 Å². The number of carbonyl (C=O) groups is 1. The van der Waals surface area contributed by atoms with Crippen LogP contribution in [0.15, 0.2) is 66.4 Å². The highest BCUT2D eigenvalue weighted by molar-refractivity contribution is 5.98. The summed E-state index contributed by atoms with van der Waals surface area (Å²) in [7, 11) is 2.03. The first-order chi connectivity index (χ1) is 13.1. The van der Waals surface area contributed by atoms with Crippen molar-refractivity contribution in [1.82, 2.24) is 9.80 Å². The van der Waals surface area contributed by atoms with Crippen LogP contribution in [-0.4, -0.2) is 48.9 Å². The van der Waals surface area contributed by atoms with Crippen molar-refractivity contribution in [1.29, 1.82) is 5.26 Å². The van der Waals surface area contributed by atoms with Crippen molar-refractivity contribution in [2.45, 2.75) is 0 Å². The molecule has 1 saturated heterocycles. The van der Waals surface area contributed by atoms with Gasteiger partial charge in [-0.2, -0.15) is 5.26 Å². The minimum absolute atomic E-state index is 0.111. The molecule has 0 aromatic heterocycles. The van der Waals surface area contributed by atoms with Gasteiger partial charge in [-0.05, 0) is 43.4 Å². The van der Waals surface area contributed by atoms with Crippen LogP contribution >= 0.6 is 0 Å². The van der Waals surface area contributed by atoms with Crippen LogP contribution in [0.1, 0.15) is 0 Å². The highest BCUT2D eigenvalue weighted by Crippen LogP contribution is 2.27. The summed E-state index contributed by atoms with van der Waals surface area (Å²) in [6, 6.07) is 19.0. The van der Waals surface area contributed by atoms with Crippen LogP contribution < -0.4 is 10.6 Å². The minimum Gasteiger partial charge on any atom is -0.399 e. The number of likely N-dealkylation sites (N-methyl/N-ethyl adjacent to an activating group) is 1. The van der Waals surface area contributed by atoms with E-state index in [1.165, 1.54) is 0 Å². The topological polar surface area (TPSA) is 76.6 Å². The quantitative estimate of drug-likeness (QED) is 0.515. The van der Waals surface area contributed by atoms with Gasteiger partial charge in [-0.1, -0.05) is 18.2 Å². The average Bonchev–Trinajstić information content (AvgIpc) is 2.71. The minimum atomic E-state index is -0.234. The number of anilines is 3. The highest BCUT2D eigenvalue weighted by Gasteiger charge is 2.23. The molecule has 1 aliphatic heterocycles. The molecule has 138 valence electrons. The number of benzene rings is 2. The molecule has 0 atom stereocenters. The Morgan fingerprint density at radius 3 is 2.22 bits per heavy atom. The zero-order valence-electron chi connectivity index (χ0n) is 15.4. The van der Waals surface area contributed by atoms with E-state index in [2.05, 4.69) is 11.0 Å². The number of nitrogens with zero attached hydrogens (tertiary/aromatic N) is 4. The van der Waals surface area contributed by atoms with Gasteiger partial charge >= 0.3 is 0 Å². The van der Waals surface area contributed by atoms with Crippen LogP contribution in [0.3, 0.4) is 0 Å². The molecular formula is C21H23N5O. The summed E-state index contributed by atoms with van der Waals surface area (Å²) in [6.45, 7) is 2.87. The lowest BCUT2D eigenvalue weighted by atomic mass is 10.2. The van der Waals surface area contributed by atoms with Crippen molar-refractivity contribution < 1.29 is 4.79 Å². The van der Waals surface area contributed by atoms with Gasteiger partial charge < -0.3 is 20.4 Å². The Morgan fingerprint density at radius 1 is 1.04 bits per heavy atom. The van der Waals surface area contributed by atoms with Gasteiger partial charge in [-0.15, -0.1) is 0 Å². The summed E-state index contributed by atoms with van der Waals surface area (Å²) in [5, 5.41) is 9.64. The third-order valence-corrected chi connectivity index (χ3v) is 4.61. The number of amides is 1. The van der Waals surface area contributed by atoms with E-state index < -0.39 is 0 Å². The molecule has 1 aliphatic rings. The number of piperazine rings is 1. The van der Waals surface area contributed by atoms with Gasteiger partial charge in [0, 0.05) is 49.4 Å². The van der Waals surface area contributed by atoms with Gasteiger partial charge in [0.1, 0.15) is 11.6 Å². The molecule has 1 heterocycles. The van der Waals surface area contributed by atoms with Crippen LogP contribution in [0.5, 0.6) is 0 Å². The average molecular weight is 361 g/mol. The molecular weight excluding hydrogens is 338 g/mol. The zero-order valence-corrected chi connectivity index (χ0v) is 15.4. The number of hydrogen-bond acceptors (Lipinski definition) is 5. The maximum atomic E-state index is 12.9. The number of rotatable bonds is 4. The number of hydrogen-bond donors (Lipinski definition) is 1. The van der Waals surface area contributed by atoms with E-state index in [4.69, 9.17) is 5.73 Å². The summed E-state index contributed by atoms with van der Waals surface area (Å²) in [5.74, 6) is -0.234. The lowest BCUT2D eigenvalue weighted by Crippen LogP contribution is -2.47. The predicted molar refractivity (Wildman–Crippen MR) is 107 cm³/mol. The van der Waals surface area contributed by atoms with Gasteiger partial charge in [-0.25, -0.2) is 0 Å². The Labute approximate surface area is 159 Å². The SMILES string of the molecule is CN1CCN(C(=O)/C(C#N)=C\N(c2ccccc2)c2ccc(N)cc2)CC1. The first-order valence-electron chi connectivity index (χ1n) is 8.88. The van der Waals surface area contributed by atoms with Crippen LogP contribution in [0, 0.1) is 11.3 Å². The largest absolute Gasteiger partial charge is 0.399 e. The smallest absolute Gasteiger partial charge is 0.266 e.